The Labute approximate surface area is 74.0 Å². The first-order chi connectivity index (χ1) is 6.33. The van der Waals surface area contributed by atoms with E-state index in [2.05, 4.69) is 25.9 Å². The van der Waals surface area contributed by atoms with Gasteiger partial charge in [0.05, 0.1) is 6.20 Å². The summed E-state index contributed by atoms with van der Waals surface area (Å²) in [5.74, 6) is 0.314. The van der Waals surface area contributed by atoms with Gasteiger partial charge in [-0.2, -0.15) is 9.61 Å². The van der Waals surface area contributed by atoms with Crippen LogP contribution in [-0.4, -0.2) is 26.6 Å². The highest BCUT2D eigenvalue weighted by Crippen LogP contribution is 2.13. The summed E-state index contributed by atoms with van der Waals surface area (Å²) in [6.45, 7) is 0. The number of aromatic nitrogens is 4. The summed E-state index contributed by atoms with van der Waals surface area (Å²) in [6.07, 6.45) is 3.02. The van der Waals surface area contributed by atoms with E-state index in [1.54, 1.807) is 13.2 Å². The topological polar surface area (TPSA) is 93.2 Å². The zero-order chi connectivity index (χ0) is 9.26. The summed E-state index contributed by atoms with van der Waals surface area (Å²) < 4.78 is 1.46. The van der Waals surface area contributed by atoms with Gasteiger partial charge in [-0.3, -0.25) is 0 Å². The second-order valence-electron chi connectivity index (χ2n) is 2.40. The second kappa shape index (κ2) is 2.87. The molecule has 0 aliphatic heterocycles. The van der Waals surface area contributed by atoms with Crippen molar-refractivity contribution in [1.82, 2.24) is 25.0 Å². The molecule has 0 aliphatic rings. The molecule has 0 bridgehead atoms. The molecule has 0 aromatic carbocycles. The summed E-state index contributed by atoms with van der Waals surface area (Å²) in [5, 5.41) is 4.00. The Bertz CT molecular complexity index is 420. The molecule has 2 aromatic heterocycles. The van der Waals surface area contributed by atoms with Crippen LogP contribution in [0.2, 0.25) is 0 Å². The molecular formula is C6H9N7. The maximum Gasteiger partial charge on any atom is 0.224 e. The van der Waals surface area contributed by atoms with Gasteiger partial charge in [-0.15, -0.1) is 0 Å². The van der Waals surface area contributed by atoms with Crippen molar-refractivity contribution in [3.63, 3.8) is 0 Å². The largest absolute Gasteiger partial charge is 0.368 e. The van der Waals surface area contributed by atoms with Crippen LogP contribution in [0.1, 0.15) is 0 Å². The number of anilines is 2. The van der Waals surface area contributed by atoms with Crippen LogP contribution in [0, 0.1) is 0 Å². The van der Waals surface area contributed by atoms with Crippen molar-refractivity contribution in [3.8, 4) is 0 Å². The summed E-state index contributed by atoms with van der Waals surface area (Å²) in [4.78, 5) is 7.83. The lowest BCUT2D eigenvalue weighted by atomic mass is 10.5. The summed E-state index contributed by atoms with van der Waals surface area (Å²) in [5.41, 5.74) is 12.6. The fraction of sp³-hybridized carbons (Fsp3) is 0.167. The predicted octanol–water partition coefficient (Wildman–Crippen LogP) is -0.747. The Morgan fingerprint density at radius 1 is 1.46 bits per heavy atom. The van der Waals surface area contributed by atoms with Crippen molar-refractivity contribution in [2.24, 2.45) is 0 Å². The molecule has 0 aliphatic carbocycles. The van der Waals surface area contributed by atoms with Gasteiger partial charge in [0, 0.05) is 7.05 Å². The minimum atomic E-state index is 0.314. The second-order valence-corrected chi connectivity index (χ2v) is 2.40. The molecule has 0 fully saturated rings. The van der Waals surface area contributed by atoms with Crippen LogP contribution in [-0.2, 0) is 0 Å². The van der Waals surface area contributed by atoms with E-state index in [9.17, 15) is 0 Å². The molecule has 68 valence electrons. The number of nitrogen functional groups attached to an aromatic ring is 1. The van der Waals surface area contributed by atoms with Crippen LogP contribution in [0.5, 0.6) is 0 Å². The molecule has 0 radical (unpaired) electrons. The van der Waals surface area contributed by atoms with Gasteiger partial charge in [-0.05, 0) is 0 Å². The van der Waals surface area contributed by atoms with Gasteiger partial charge in [0.25, 0.3) is 0 Å². The van der Waals surface area contributed by atoms with Gasteiger partial charge < -0.3 is 11.2 Å². The number of nitrogens with one attached hydrogen (secondary N) is 2. The van der Waals surface area contributed by atoms with Crippen LogP contribution < -0.4 is 16.6 Å². The predicted molar refractivity (Wildman–Crippen MR) is 47.9 cm³/mol. The zero-order valence-corrected chi connectivity index (χ0v) is 7.02. The van der Waals surface area contributed by atoms with Crippen LogP contribution in [0.3, 0.4) is 0 Å². The molecule has 2 heterocycles. The van der Waals surface area contributed by atoms with Crippen molar-refractivity contribution in [1.29, 1.82) is 0 Å². The summed E-state index contributed by atoms with van der Waals surface area (Å²) in [6, 6.07) is 0. The minimum absolute atomic E-state index is 0.314. The number of nitrogens with zero attached hydrogens (tertiary/aromatic N) is 4. The Balaban J connectivity index is 2.61. The van der Waals surface area contributed by atoms with E-state index in [0.717, 1.165) is 5.69 Å². The lowest BCUT2D eigenvalue weighted by molar-refractivity contribution is 0.909. The molecule has 0 spiro atoms. The van der Waals surface area contributed by atoms with Gasteiger partial charge >= 0.3 is 0 Å². The van der Waals surface area contributed by atoms with E-state index in [1.807, 2.05) is 0 Å². The number of hydrazine groups is 1. The van der Waals surface area contributed by atoms with Gasteiger partial charge in [0.2, 0.25) is 5.95 Å². The average Bonchev–Trinajstić information content (AvgIpc) is 2.51. The molecule has 2 aromatic rings. The number of hydrogen-bond donors (Lipinski definition) is 3. The van der Waals surface area contributed by atoms with E-state index in [4.69, 9.17) is 5.73 Å². The van der Waals surface area contributed by atoms with E-state index in [1.165, 1.54) is 10.8 Å². The maximum atomic E-state index is 5.57. The highest BCUT2D eigenvalue weighted by molar-refractivity contribution is 5.66. The monoisotopic (exact) mass is 179 g/mol. The first-order valence-electron chi connectivity index (χ1n) is 3.70. The summed E-state index contributed by atoms with van der Waals surface area (Å²) in [7, 11) is 1.76. The molecule has 4 N–H and O–H groups in total. The lowest BCUT2D eigenvalue weighted by Crippen LogP contribution is -2.15. The minimum Gasteiger partial charge on any atom is -0.368 e. The van der Waals surface area contributed by atoms with Gasteiger partial charge in [0.1, 0.15) is 12.0 Å². The molecule has 0 amide bonds. The van der Waals surface area contributed by atoms with Crippen molar-refractivity contribution < 1.29 is 0 Å². The van der Waals surface area contributed by atoms with Crippen LogP contribution in [0.25, 0.3) is 5.65 Å². The van der Waals surface area contributed by atoms with Crippen LogP contribution in [0.15, 0.2) is 12.5 Å². The summed E-state index contributed by atoms with van der Waals surface area (Å²) >= 11 is 0. The standard InChI is InChI=1S/C6H9N7/c1-8-12-4-2-11-13-5(4)9-3-10-6(13)7/h2-3,8,12H,1H3,(H2,7,9,10). The molecule has 0 unspecified atom stereocenters. The van der Waals surface area contributed by atoms with Gasteiger partial charge in [-0.25, -0.2) is 15.4 Å². The smallest absolute Gasteiger partial charge is 0.224 e. The average molecular weight is 179 g/mol. The number of hydrogen-bond acceptors (Lipinski definition) is 6. The van der Waals surface area contributed by atoms with Crippen molar-refractivity contribution >= 4 is 17.3 Å². The Morgan fingerprint density at radius 2 is 2.31 bits per heavy atom. The molecule has 0 saturated carbocycles. The lowest BCUT2D eigenvalue weighted by Gasteiger charge is -2.00. The number of rotatable bonds is 2. The van der Waals surface area contributed by atoms with E-state index >= 15 is 0 Å². The molecule has 2 rings (SSSR count). The first-order valence-corrected chi connectivity index (χ1v) is 3.70. The van der Waals surface area contributed by atoms with E-state index in [0.29, 0.717) is 11.6 Å². The van der Waals surface area contributed by atoms with Crippen molar-refractivity contribution in [2.75, 3.05) is 18.2 Å². The van der Waals surface area contributed by atoms with Crippen LogP contribution >= 0.6 is 0 Å². The number of fused-ring (bicyclic) bond motifs is 1. The Kier molecular flexibility index (Phi) is 1.71. The third kappa shape index (κ3) is 1.14. The van der Waals surface area contributed by atoms with Gasteiger partial charge in [0.15, 0.2) is 5.65 Å². The zero-order valence-electron chi connectivity index (χ0n) is 7.02. The van der Waals surface area contributed by atoms with Gasteiger partial charge in [-0.1, -0.05) is 0 Å². The molecule has 7 heteroatoms. The third-order valence-corrected chi connectivity index (χ3v) is 1.59. The quantitative estimate of drug-likeness (QED) is 0.525. The molecule has 13 heavy (non-hydrogen) atoms. The number of nitrogens with two attached hydrogens (primary N) is 1. The van der Waals surface area contributed by atoms with Crippen molar-refractivity contribution in [2.45, 2.75) is 0 Å². The SMILES string of the molecule is CNNc1cnn2c(N)ncnc12. The maximum absolute atomic E-state index is 5.57. The fourth-order valence-corrected chi connectivity index (χ4v) is 1.05. The molecular weight excluding hydrogens is 170 g/mol. The normalized spacial score (nSPS) is 10.5. The van der Waals surface area contributed by atoms with E-state index in [-0.39, 0.29) is 0 Å². The molecule has 0 atom stereocenters. The van der Waals surface area contributed by atoms with Crippen LogP contribution in [0.4, 0.5) is 11.6 Å². The van der Waals surface area contributed by atoms with E-state index < -0.39 is 0 Å². The fourth-order valence-electron chi connectivity index (χ4n) is 1.05. The Morgan fingerprint density at radius 3 is 3.08 bits per heavy atom. The molecule has 7 nitrogen and oxygen atoms in total. The highest BCUT2D eigenvalue weighted by atomic mass is 15.4. The third-order valence-electron chi connectivity index (χ3n) is 1.59. The highest BCUT2D eigenvalue weighted by Gasteiger charge is 2.05. The van der Waals surface area contributed by atoms with Crippen molar-refractivity contribution in [3.05, 3.63) is 12.5 Å². The first kappa shape index (κ1) is 7.74. The Hall–Kier alpha value is -1.89. The molecule has 0 saturated heterocycles.